The Bertz CT molecular complexity index is 523. The molecule has 2 rings (SSSR count). The van der Waals surface area contributed by atoms with Crippen molar-refractivity contribution < 1.29 is 13.2 Å². The summed E-state index contributed by atoms with van der Waals surface area (Å²) >= 11 is 0. The van der Waals surface area contributed by atoms with E-state index in [1.807, 2.05) is 24.1 Å². The molecule has 0 spiro atoms. The highest BCUT2D eigenvalue weighted by Crippen LogP contribution is 2.17. The van der Waals surface area contributed by atoms with Crippen LogP contribution in [0.1, 0.15) is 23.8 Å². The molecular formula is C15H18F2N2O. The molecule has 0 aliphatic rings. The van der Waals surface area contributed by atoms with Gasteiger partial charge in [-0.05, 0) is 43.3 Å². The Morgan fingerprint density at radius 2 is 1.95 bits per heavy atom. The lowest BCUT2D eigenvalue weighted by atomic mass is 10.0. The van der Waals surface area contributed by atoms with Crippen LogP contribution in [-0.4, -0.2) is 18.5 Å². The van der Waals surface area contributed by atoms with Gasteiger partial charge in [0.15, 0.2) is 0 Å². The summed E-state index contributed by atoms with van der Waals surface area (Å²) in [4.78, 5) is 2.05. The van der Waals surface area contributed by atoms with Crippen molar-refractivity contribution in [2.45, 2.75) is 19.0 Å². The number of nitrogens with two attached hydrogens (primary N) is 1. The van der Waals surface area contributed by atoms with Crippen molar-refractivity contribution in [1.82, 2.24) is 4.90 Å². The summed E-state index contributed by atoms with van der Waals surface area (Å²) in [6, 6.07) is 6.75. The second-order valence-corrected chi connectivity index (χ2v) is 4.92. The van der Waals surface area contributed by atoms with Crippen LogP contribution in [0.5, 0.6) is 0 Å². The third-order valence-corrected chi connectivity index (χ3v) is 3.14. The fraction of sp³-hybridized carbons (Fsp3) is 0.333. The number of hydrogen-bond acceptors (Lipinski definition) is 3. The molecule has 3 nitrogen and oxygen atoms in total. The molecule has 1 unspecified atom stereocenters. The minimum atomic E-state index is -0.598. The third kappa shape index (κ3) is 4.15. The summed E-state index contributed by atoms with van der Waals surface area (Å²) < 4.78 is 31.5. The Kier molecular flexibility index (Phi) is 4.87. The molecule has 20 heavy (non-hydrogen) atoms. The second kappa shape index (κ2) is 6.63. The maximum Gasteiger partial charge on any atom is 0.126 e. The van der Waals surface area contributed by atoms with Crippen molar-refractivity contribution in [1.29, 1.82) is 0 Å². The maximum atomic E-state index is 13.1. The number of nitrogens with zero attached hydrogens (tertiary/aromatic N) is 1. The van der Waals surface area contributed by atoms with Gasteiger partial charge in [0.2, 0.25) is 0 Å². The van der Waals surface area contributed by atoms with Gasteiger partial charge >= 0.3 is 0 Å². The molecule has 2 aromatic rings. The molecule has 1 atom stereocenters. The van der Waals surface area contributed by atoms with Gasteiger partial charge in [-0.25, -0.2) is 8.78 Å². The normalized spacial score (nSPS) is 12.8. The molecule has 0 radical (unpaired) electrons. The number of benzene rings is 1. The van der Waals surface area contributed by atoms with Gasteiger partial charge in [0.25, 0.3) is 0 Å². The summed E-state index contributed by atoms with van der Waals surface area (Å²) in [5, 5.41) is 0. The van der Waals surface area contributed by atoms with Gasteiger partial charge in [-0.1, -0.05) is 0 Å². The van der Waals surface area contributed by atoms with Crippen molar-refractivity contribution in [3.05, 3.63) is 59.6 Å². The number of hydrogen-bond donors (Lipinski definition) is 1. The van der Waals surface area contributed by atoms with Gasteiger partial charge in [-0.3, -0.25) is 4.90 Å². The van der Waals surface area contributed by atoms with Crippen LogP contribution >= 0.6 is 0 Å². The smallest absolute Gasteiger partial charge is 0.126 e. The summed E-state index contributed by atoms with van der Waals surface area (Å²) in [5.74, 6) is -0.323. The zero-order chi connectivity index (χ0) is 14.5. The van der Waals surface area contributed by atoms with E-state index in [4.69, 9.17) is 10.2 Å². The van der Waals surface area contributed by atoms with Crippen molar-refractivity contribution in [2.24, 2.45) is 5.73 Å². The van der Waals surface area contributed by atoms with Gasteiger partial charge in [0, 0.05) is 18.7 Å². The van der Waals surface area contributed by atoms with Gasteiger partial charge < -0.3 is 10.2 Å². The quantitative estimate of drug-likeness (QED) is 0.884. The van der Waals surface area contributed by atoms with E-state index < -0.39 is 11.6 Å². The Hall–Kier alpha value is -1.72. The van der Waals surface area contributed by atoms with Crippen LogP contribution in [0.15, 0.2) is 41.0 Å². The zero-order valence-corrected chi connectivity index (χ0v) is 11.4. The second-order valence-electron chi connectivity index (χ2n) is 4.92. The Labute approximate surface area is 117 Å². The van der Waals surface area contributed by atoms with E-state index in [0.717, 1.165) is 11.8 Å². The van der Waals surface area contributed by atoms with Crippen molar-refractivity contribution in [2.75, 3.05) is 13.6 Å². The molecule has 2 N–H and O–H groups in total. The Balaban J connectivity index is 1.86. The topological polar surface area (TPSA) is 42.4 Å². The summed E-state index contributed by atoms with van der Waals surface area (Å²) in [5.41, 5.74) is 6.45. The van der Waals surface area contributed by atoms with Gasteiger partial charge in [0.1, 0.15) is 17.4 Å². The lowest BCUT2D eigenvalue weighted by Crippen LogP contribution is -2.23. The molecule has 0 saturated carbocycles. The number of rotatable bonds is 6. The van der Waals surface area contributed by atoms with Crippen molar-refractivity contribution >= 4 is 0 Å². The fourth-order valence-corrected chi connectivity index (χ4v) is 2.06. The van der Waals surface area contributed by atoms with Gasteiger partial charge in [-0.15, -0.1) is 0 Å². The zero-order valence-electron chi connectivity index (χ0n) is 11.4. The highest BCUT2D eigenvalue weighted by Gasteiger charge is 2.11. The van der Waals surface area contributed by atoms with Crippen LogP contribution in [0.25, 0.3) is 0 Å². The van der Waals surface area contributed by atoms with E-state index in [2.05, 4.69) is 0 Å². The van der Waals surface area contributed by atoms with E-state index >= 15 is 0 Å². The van der Waals surface area contributed by atoms with Crippen LogP contribution < -0.4 is 5.73 Å². The van der Waals surface area contributed by atoms with E-state index in [-0.39, 0.29) is 6.04 Å². The first-order valence-corrected chi connectivity index (χ1v) is 6.47. The largest absolute Gasteiger partial charge is 0.468 e. The average molecular weight is 280 g/mol. The summed E-state index contributed by atoms with van der Waals surface area (Å²) in [6.45, 7) is 1.39. The molecule has 1 aromatic carbocycles. The first-order valence-electron chi connectivity index (χ1n) is 6.47. The molecule has 0 amide bonds. The molecule has 0 aliphatic heterocycles. The van der Waals surface area contributed by atoms with Crippen molar-refractivity contribution in [3.63, 3.8) is 0 Å². The lowest BCUT2D eigenvalue weighted by Gasteiger charge is -2.18. The first kappa shape index (κ1) is 14.7. The van der Waals surface area contributed by atoms with E-state index in [1.165, 1.54) is 12.1 Å². The van der Waals surface area contributed by atoms with Crippen molar-refractivity contribution in [3.8, 4) is 0 Å². The van der Waals surface area contributed by atoms with Crippen LogP contribution in [0, 0.1) is 11.6 Å². The third-order valence-electron chi connectivity index (χ3n) is 3.14. The monoisotopic (exact) mass is 280 g/mol. The lowest BCUT2D eigenvalue weighted by molar-refractivity contribution is 0.284. The van der Waals surface area contributed by atoms with Crippen LogP contribution in [0.2, 0.25) is 0 Å². The molecule has 0 bridgehead atoms. The van der Waals surface area contributed by atoms with E-state index in [9.17, 15) is 8.78 Å². The van der Waals surface area contributed by atoms with Gasteiger partial charge in [0.05, 0.1) is 12.8 Å². The van der Waals surface area contributed by atoms with E-state index in [0.29, 0.717) is 25.1 Å². The SMILES string of the molecule is CN(CCC(N)c1cc(F)cc(F)c1)Cc1ccco1. The molecule has 0 aliphatic carbocycles. The average Bonchev–Trinajstić information content (AvgIpc) is 2.87. The summed E-state index contributed by atoms with van der Waals surface area (Å²) in [6.07, 6.45) is 2.24. The molecule has 0 fully saturated rings. The minimum absolute atomic E-state index is 0.390. The van der Waals surface area contributed by atoms with E-state index in [1.54, 1.807) is 6.26 Å². The molecule has 108 valence electrons. The predicted molar refractivity (Wildman–Crippen MR) is 72.9 cm³/mol. The first-order chi connectivity index (χ1) is 9.54. The molecular weight excluding hydrogens is 262 g/mol. The molecule has 1 aromatic heterocycles. The molecule has 1 heterocycles. The predicted octanol–water partition coefficient (Wildman–Crippen LogP) is 3.08. The van der Waals surface area contributed by atoms with Gasteiger partial charge in [-0.2, -0.15) is 0 Å². The molecule has 0 saturated heterocycles. The highest BCUT2D eigenvalue weighted by atomic mass is 19.1. The standard InChI is InChI=1S/C15H18F2N2O/c1-19(10-14-3-2-6-20-14)5-4-15(18)11-7-12(16)9-13(17)8-11/h2-3,6-9,15H,4-5,10,18H2,1H3. The Morgan fingerprint density at radius 1 is 1.25 bits per heavy atom. The molecule has 5 heteroatoms. The number of furan rings is 1. The van der Waals surface area contributed by atoms with Crippen LogP contribution in [0.4, 0.5) is 8.78 Å². The highest BCUT2D eigenvalue weighted by molar-refractivity contribution is 5.21. The Morgan fingerprint density at radius 3 is 2.55 bits per heavy atom. The fourth-order valence-electron chi connectivity index (χ4n) is 2.06. The van der Waals surface area contributed by atoms with Crippen LogP contribution in [0.3, 0.4) is 0 Å². The maximum absolute atomic E-state index is 13.1. The minimum Gasteiger partial charge on any atom is -0.468 e. The number of halogens is 2. The summed E-state index contributed by atoms with van der Waals surface area (Å²) in [7, 11) is 1.95. The van der Waals surface area contributed by atoms with Crippen LogP contribution in [-0.2, 0) is 6.54 Å².